The van der Waals surface area contributed by atoms with Gasteiger partial charge in [0.15, 0.2) is 18.9 Å². The quantitative estimate of drug-likeness (QED) is 0.0199. The van der Waals surface area contributed by atoms with Gasteiger partial charge in [-0.15, -0.1) is 0 Å². The van der Waals surface area contributed by atoms with Gasteiger partial charge in [0.05, 0.1) is 38.6 Å². The van der Waals surface area contributed by atoms with Gasteiger partial charge < -0.3 is 89.9 Å². The van der Waals surface area contributed by atoms with E-state index in [2.05, 4.69) is 92.1 Å². The van der Waals surface area contributed by atoms with Crippen LogP contribution in [0.25, 0.3) is 0 Å². The van der Waals surface area contributed by atoms with Gasteiger partial charge in [-0.1, -0.05) is 317 Å². The van der Waals surface area contributed by atoms with E-state index < -0.39 is 124 Å². The third-order valence-corrected chi connectivity index (χ3v) is 20.7. The molecule has 0 aromatic rings. The van der Waals surface area contributed by atoms with Crippen LogP contribution >= 0.6 is 0 Å². The summed E-state index contributed by atoms with van der Waals surface area (Å²) in [5, 5.41) is 121. The standard InChI is InChI=1S/C86H153NO18/c1-3-5-7-9-11-13-15-17-19-21-23-25-27-29-31-33-34-36-37-39-41-43-45-47-49-51-53-55-57-59-61-63-70(91)69(87-74(92)64-62-60-58-56-54-52-50-48-46-44-42-40-38-35-32-30-28-26-24-22-20-18-16-14-12-10-8-6-4-2)68-100-84-80(98)77(95)82(72(66-89)102-84)105-86-81(99)78(96)83(73(67-90)103-86)104-85-79(97)76(94)75(93)71(65-88)101-85/h6,8,12,14,18,20,24,26,45,47,53,55,61,63,69-73,75-86,88-91,93-99H,3-5,7,9-11,13,15-17,19,21-23,25,27-44,46,48-52,54,56-60,62,64-68H2,1-2H3,(H,87,92)/b8-6-,14-12-,20-18-,26-24-,47-45+,55-53+,63-61+. The lowest BCUT2D eigenvalue weighted by Gasteiger charge is -2.48. The summed E-state index contributed by atoms with van der Waals surface area (Å²) in [5.74, 6) is -0.288. The number of carbonyl (C=O) groups is 1. The van der Waals surface area contributed by atoms with Crippen molar-refractivity contribution in [3.63, 3.8) is 0 Å². The number of unbranched alkanes of at least 4 members (excludes halogenated alkanes) is 39. The van der Waals surface area contributed by atoms with E-state index in [0.29, 0.717) is 12.8 Å². The Labute approximate surface area is 635 Å². The van der Waals surface area contributed by atoms with Crippen LogP contribution in [0.5, 0.6) is 0 Å². The Morgan fingerprint density at radius 2 is 0.667 bits per heavy atom. The van der Waals surface area contributed by atoms with Gasteiger partial charge in [0.2, 0.25) is 5.91 Å². The predicted molar refractivity (Wildman–Crippen MR) is 420 cm³/mol. The molecule has 0 saturated carbocycles. The Morgan fingerprint density at radius 1 is 0.352 bits per heavy atom. The largest absolute Gasteiger partial charge is 0.394 e. The topological polar surface area (TPSA) is 307 Å². The highest BCUT2D eigenvalue weighted by atomic mass is 16.8. The van der Waals surface area contributed by atoms with Crippen LogP contribution < -0.4 is 5.32 Å². The van der Waals surface area contributed by atoms with Gasteiger partial charge in [-0.2, -0.15) is 0 Å². The summed E-state index contributed by atoms with van der Waals surface area (Å²) in [7, 11) is 0. The van der Waals surface area contributed by atoms with Crippen molar-refractivity contribution in [3.8, 4) is 0 Å². The highest BCUT2D eigenvalue weighted by Gasteiger charge is 2.54. The van der Waals surface area contributed by atoms with Crippen molar-refractivity contribution in [2.24, 2.45) is 0 Å². The first-order valence-corrected chi connectivity index (χ1v) is 42.3. The molecule has 0 spiro atoms. The van der Waals surface area contributed by atoms with Crippen LogP contribution in [0.4, 0.5) is 0 Å². The highest BCUT2D eigenvalue weighted by molar-refractivity contribution is 5.76. The Bertz CT molecular complexity index is 2230. The molecular formula is C86H153NO18. The maximum Gasteiger partial charge on any atom is 0.220 e. The van der Waals surface area contributed by atoms with Crippen LogP contribution in [-0.2, 0) is 33.2 Å². The smallest absolute Gasteiger partial charge is 0.220 e. The zero-order valence-corrected chi connectivity index (χ0v) is 65.4. The van der Waals surface area contributed by atoms with E-state index in [-0.39, 0.29) is 18.9 Å². The molecule has 12 N–H and O–H groups in total. The summed E-state index contributed by atoms with van der Waals surface area (Å²) in [4.78, 5) is 13.5. The number of hydrogen-bond acceptors (Lipinski definition) is 18. The molecule has 0 bridgehead atoms. The summed E-state index contributed by atoms with van der Waals surface area (Å²) in [6.07, 6.45) is 61.5. The van der Waals surface area contributed by atoms with Crippen LogP contribution in [0.15, 0.2) is 85.1 Å². The number of ether oxygens (including phenoxy) is 6. The number of aliphatic hydroxyl groups excluding tert-OH is 11. The molecular weight excluding hydrogens is 1330 g/mol. The van der Waals surface area contributed by atoms with E-state index in [0.717, 1.165) is 70.6 Å². The van der Waals surface area contributed by atoms with Crippen molar-refractivity contribution in [3.05, 3.63) is 85.1 Å². The average Bonchev–Trinajstić information content (AvgIpc) is 0.781. The van der Waals surface area contributed by atoms with Crippen LogP contribution in [0, 0.1) is 0 Å². The first-order valence-electron chi connectivity index (χ1n) is 42.3. The fourth-order valence-electron chi connectivity index (χ4n) is 13.9. The van der Waals surface area contributed by atoms with Crippen molar-refractivity contribution >= 4 is 5.91 Å². The van der Waals surface area contributed by atoms with Gasteiger partial charge >= 0.3 is 0 Å². The number of allylic oxidation sites excluding steroid dienone is 13. The minimum absolute atomic E-state index is 0.229. The second kappa shape index (κ2) is 65.7. The maximum absolute atomic E-state index is 13.5. The van der Waals surface area contributed by atoms with E-state index in [4.69, 9.17) is 28.4 Å². The molecule has 19 heteroatoms. The van der Waals surface area contributed by atoms with Gasteiger partial charge in [0.1, 0.15) is 73.2 Å². The zero-order chi connectivity index (χ0) is 76.0. The first-order chi connectivity index (χ1) is 51.3. The molecule has 0 radical (unpaired) electrons. The third-order valence-electron chi connectivity index (χ3n) is 20.7. The highest BCUT2D eigenvalue weighted by Crippen LogP contribution is 2.33. The Balaban J connectivity index is 1.37. The molecule has 105 heavy (non-hydrogen) atoms. The molecule has 17 atom stereocenters. The number of amides is 1. The fourth-order valence-corrected chi connectivity index (χ4v) is 13.9. The summed E-state index contributed by atoms with van der Waals surface area (Å²) in [6, 6.07) is -1.00. The van der Waals surface area contributed by atoms with Crippen molar-refractivity contribution in [2.75, 3.05) is 26.4 Å². The zero-order valence-electron chi connectivity index (χ0n) is 65.4. The van der Waals surface area contributed by atoms with Crippen LogP contribution in [0.1, 0.15) is 322 Å². The van der Waals surface area contributed by atoms with E-state index >= 15 is 0 Å². The predicted octanol–water partition coefficient (Wildman–Crippen LogP) is 15.0. The van der Waals surface area contributed by atoms with Gasteiger partial charge in [-0.25, -0.2) is 0 Å². The Kier molecular flexibility index (Phi) is 60.1. The first kappa shape index (κ1) is 96.2. The van der Waals surface area contributed by atoms with Crippen molar-refractivity contribution in [1.29, 1.82) is 0 Å². The molecule has 19 nitrogen and oxygen atoms in total. The number of hydrogen-bond donors (Lipinski definition) is 12. The van der Waals surface area contributed by atoms with E-state index in [1.165, 1.54) is 218 Å². The molecule has 0 aliphatic carbocycles. The molecule has 1 amide bonds. The molecule has 3 aliphatic rings. The van der Waals surface area contributed by atoms with Crippen LogP contribution in [-0.4, -0.2) is 193 Å². The third kappa shape index (κ3) is 45.2. The molecule has 3 fully saturated rings. The summed E-state index contributed by atoms with van der Waals surface area (Å²) < 4.78 is 34.5. The molecule has 0 aromatic carbocycles. The monoisotopic (exact) mass is 1490 g/mol. The molecule has 610 valence electrons. The second-order valence-corrected chi connectivity index (χ2v) is 29.9. The van der Waals surface area contributed by atoms with Crippen LogP contribution in [0.3, 0.4) is 0 Å². The number of carbonyl (C=O) groups excluding carboxylic acids is 1. The minimum atomic E-state index is -1.99. The normalized spacial score (nSPS) is 26.2. The summed E-state index contributed by atoms with van der Waals surface area (Å²) >= 11 is 0. The number of rotatable bonds is 67. The number of nitrogens with one attached hydrogen (secondary N) is 1. The SMILES string of the molecule is CC/C=C\C/C=C\C/C=C\C/C=C\CCCCCCCCCCCCCCCCCCC(=O)NC(COC1OC(CO)C(OC2OC(CO)C(OC3OC(CO)C(O)C(O)C3O)C(O)C2O)C(O)C1O)C(O)/C=C/CC/C=C/CC/C=C/CCCCCCCCCCCCCCCCCCCCCCC. The van der Waals surface area contributed by atoms with Crippen LogP contribution in [0.2, 0.25) is 0 Å². The molecule has 3 rings (SSSR count). The van der Waals surface area contributed by atoms with Crippen molar-refractivity contribution in [2.45, 2.75) is 426 Å². The Hall–Kier alpha value is -3.03. The van der Waals surface area contributed by atoms with Crippen molar-refractivity contribution < 1.29 is 89.4 Å². The van der Waals surface area contributed by atoms with Gasteiger partial charge in [-0.3, -0.25) is 4.79 Å². The molecule has 3 heterocycles. The molecule has 3 saturated heterocycles. The minimum Gasteiger partial charge on any atom is -0.394 e. The maximum atomic E-state index is 13.5. The Morgan fingerprint density at radius 3 is 1.07 bits per heavy atom. The van der Waals surface area contributed by atoms with Crippen molar-refractivity contribution in [1.82, 2.24) is 5.32 Å². The molecule has 0 aromatic heterocycles. The average molecular weight is 1490 g/mol. The van der Waals surface area contributed by atoms with Gasteiger partial charge in [0.25, 0.3) is 0 Å². The lowest BCUT2D eigenvalue weighted by molar-refractivity contribution is -0.379. The lowest BCUT2D eigenvalue weighted by Crippen LogP contribution is -2.66. The fraction of sp³-hybridized carbons (Fsp3) is 0.826. The van der Waals surface area contributed by atoms with Gasteiger partial charge in [0, 0.05) is 6.42 Å². The van der Waals surface area contributed by atoms with E-state index in [1.807, 2.05) is 6.08 Å². The summed E-state index contributed by atoms with van der Waals surface area (Å²) in [6.45, 7) is 1.64. The molecule has 3 aliphatic heterocycles. The lowest BCUT2D eigenvalue weighted by atomic mass is 9.96. The van der Waals surface area contributed by atoms with E-state index in [9.17, 15) is 61.0 Å². The second-order valence-electron chi connectivity index (χ2n) is 29.9. The summed E-state index contributed by atoms with van der Waals surface area (Å²) in [5.41, 5.74) is 0. The number of aliphatic hydroxyl groups is 11. The molecule has 17 unspecified atom stereocenters. The van der Waals surface area contributed by atoms with Gasteiger partial charge in [-0.05, 0) is 83.5 Å². The van der Waals surface area contributed by atoms with E-state index in [1.54, 1.807) is 6.08 Å².